The number of aliphatic hydroxyl groups excluding tert-OH is 1. The van der Waals surface area contributed by atoms with Crippen molar-refractivity contribution in [1.82, 2.24) is 5.32 Å². The molecule has 0 unspecified atom stereocenters. The quantitative estimate of drug-likeness (QED) is 0.891. The van der Waals surface area contributed by atoms with Crippen LogP contribution in [-0.2, 0) is 0 Å². The van der Waals surface area contributed by atoms with Crippen LogP contribution in [0.1, 0.15) is 10.4 Å². The number of aliphatic hydroxyl groups is 1. The summed E-state index contributed by atoms with van der Waals surface area (Å²) in [6, 6.07) is 4.38. The molecule has 1 aromatic carbocycles. The number of rotatable bonds is 4. The molecule has 0 radical (unpaired) electrons. The van der Waals surface area contributed by atoms with Crippen LogP contribution in [-0.4, -0.2) is 30.1 Å². The average molecular weight is 284 g/mol. The van der Waals surface area contributed by atoms with E-state index in [1.54, 1.807) is 0 Å². The molecule has 0 aliphatic rings. The summed E-state index contributed by atoms with van der Waals surface area (Å²) in [5, 5.41) is 10.4. The van der Waals surface area contributed by atoms with Gasteiger partial charge in [0.25, 0.3) is 11.8 Å². The lowest BCUT2D eigenvalue weighted by Crippen LogP contribution is -2.39. The molecule has 17 heavy (non-hydrogen) atoms. The van der Waals surface area contributed by atoms with E-state index in [4.69, 9.17) is 28.3 Å². The van der Waals surface area contributed by atoms with Gasteiger partial charge in [-0.2, -0.15) is 0 Å². The molecule has 0 atom stereocenters. The van der Waals surface area contributed by atoms with Crippen LogP contribution in [0.5, 0.6) is 0 Å². The summed E-state index contributed by atoms with van der Waals surface area (Å²) in [6.45, 7) is -2.33. The van der Waals surface area contributed by atoms with Crippen LogP contribution < -0.4 is 5.32 Å². The zero-order chi connectivity index (χ0) is 13.1. The molecule has 0 aliphatic heterocycles. The number of carbonyl (C=O) groups excluding carboxylic acids is 1. The maximum atomic E-state index is 12.7. The van der Waals surface area contributed by atoms with E-state index in [1.807, 2.05) is 5.32 Å². The van der Waals surface area contributed by atoms with Crippen LogP contribution >= 0.6 is 23.2 Å². The van der Waals surface area contributed by atoms with Crippen LogP contribution in [0.4, 0.5) is 8.78 Å². The molecule has 1 aromatic rings. The van der Waals surface area contributed by atoms with E-state index in [0.29, 0.717) is 0 Å². The lowest BCUT2D eigenvalue weighted by Gasteiger charge is -2.14. The van der Waals surface area contributed by atoms with Crippen molar-refractivity contribution in [2.45, 2.75) is 5.92 Å². The van der Waals surface area contributed by atoms with E-state index in [9.17, 15) is 13.6 Å². The lowest BCUT2D eigenvalue weighted by atomic mass is 10.2. The summed E-state index contributed by atoms with van der Waals surface area (Å²) in [5.74, 6) is -4.18. The number of nitrogens with one attached hydrogen (secondary N) is 1. The molecule has 0 aromatic heterocycles. The van der Waals surface area contributed by atoms with E-state index in [2.05, 4.69) is 0 Å². The van der Waals surface area contributed by atoms with E-state index in [-0.39, 0.29) is 15.6 Å². The molecule has 1 rings (SSSR count). The third-order valence-electron chi connectivity index (χ3n) is 1.93. The predicted molar refractivity (Wildman–Crippen MR) is 60.8 cm³/mol. The van der Waals surface area contributed by atoms with Gasteiger partial charge in [-0.05, 0) is 12.1 Å². The topological polar surface area (TPSA) is 49.3 Å². The molecule has 94 valence electrons. The molecule has 3 nitrogen and oxygen atoms in total. The van der Waals surface area contributed by atoms with Gasteiger partial charge in [-0.25, -0.2) is 8.78 Å². The number of amides is 1. The molecule has 0 heterocycles. The maximum Gasteiger partial charge on any atom is 0.287 e. The summed E-state index contributed by atoms with van der Waals surface area (Å²) in [7, 11) is 0. The van der Waals surface area contributed by atoms with Crippen LogP contribution in [0.25, 0.3) is 0 Å². The summed E-state index contributed by atoms with van der Waals surface area (Å²) in [4.78, 5) is 11.6. The second-order valence-corrected chi connectivity index (χ2v) is 4.11. The Labute approximate surface area is 106 Å². The molecule has 0 bridgehead atoms. The van der Waals surface area contributed by atoms with Crippen LogP contribution in [0.3, 0.4) is 0 Å². The number of hydrogen-bond acceptors (Lipinski definition) is 2. The molecule has 1 amide bonds. The Morgan fingerprint density at radius 2 is 1.88 bits per heavy atom. The minimum absolute atomic E-state index is 0.0652. The number of hydrogen-bond donors (Lipinski definition) is 2. The highest BCUT2D eigenvalue weighted by atomic mass is 35.5. The van der Waals surface area contributed by atoms with E-state index in [1.165, 1.54) is 18.2 Å². The van der Waals surface area contributed by atoms with Gasteiger partial charge >= 0.3 is 0 Å². The Morgan fingerprint density at radius 1 is 1.35 bits per heavy atom. The Hall–Kier alpha value is -0.910. The zero-order valence-electron chi connectivity index (χ0n) is 8.51. The SMILES string of the molecule is O=C(NCC(F)(F)CO)c1c(Cl)cccc1Cl. The van der Waals surface area contributed by atoms with Gasteiger partial charge in [0, 0.05) is 0 Å². The molecular formula is C10H9Cl2F2NO2. The monoisotopic (exact) mass is 283 g/mol. The van der Waals surface area contributed by atoms with Crippen LogP contribution in [0, 0.1) is 0 Å². The van der Waals surface area contributed by atoms with Gasteiger partial charge in [-0.1, -0.05) is 29.3 Å². The minimum Gasteiger partial charge on any atom is -0.390 e. The van der Waals surface area contributed by atoms with Gasteiger partial charge < -0.3 is 10.4 Å². The number of benzene rings is 1. The van der Waals surface area contributed by atoms with Crippen molar-refractivity contribution in [3.63, 3.8) is 0 Å². The second-order valence-electron chi connectivity index (χ2n) is 3.29. The molecular weight excluding hydrogens is 275 g/mol. The Kier molecular flexibility index (Phi) is 4.68. The highest BCUT2D eigenvalue weighted by Gasteiger charge is 2.29. The van der Waals surface area contributed by atoms with Crippen molar-refractivity contribution in [3.8, 4) is 0 Å². The van der Waals surface area contributed by atoms with Crippen molar-refractivity contribution >= 4 is 29.1 Å². The smallest absolute Gasteiger partial charge is 0.287 e. The number of alkyl halides is 2. The highest BCUT2D eigenvalue weighted by molar-refractivity contribution is 6.39. The molecule has 0 fully saturated rings. The summed E-state index contributed by atoms with van der Waals surface area (Å²) in [5.41, 5.74) is -0.0652. The van der Waals surface area contributed by atoms with Crippen molar-refractivity contribution in [1.29, 1.82) is 0 Å². The molecule has 2 N–H and O–H groups in total. The van der Waals surface area contributed by atoms with Crippen molar-refractivity contribution in [2.24, 2.45) is 0 Å². The lowest BCUT2D eigenvalue weighted by molar-refractivity contribution is -0.0462. The van der Waals surface area contributed by atoms with Crippen LogP contribution in [0.15, 0.2) is 18.2 Å². The highest BCUT2D eigenvalue weighted by Crippen LogP contribution is 2.24. The third-order valence-corrected chi connectivity index (χ3v) is 2.56. The van der Waals surface area contributed by atoms with E-state index < -0.39 is 25.0 Å². The first-order valence-corrected chi connectivity index (χ1v) is 5.34. The standard InChI is InChI=1S/C10H9Cl2F2NO2/c11-6-2-1-3-7(12)8(6)9(17)15-4-10(13,14)5-16/h1-3,16H,4-5H2,(H,15,17). The zero-order valence-corrected chi connectivity index (χ0v) is 10.0. The summed E-state index contributed by atoms with van der Waals surface area (Å²) in [6.07, 6.45) is 0. The fraction of sp³-hybridized carbons (Fsp3) is 0.300. The van der Waals surface area contributed by atoms with Crippen molar-refractivity contribution < 1.29 is 18.7 Å². The van der Waals surface area contributed by atoms with Gasteiger partial charge in [-0.15, -0.1) is 0 Å². The number of carbonyl (C=O) groups is 1. The van der Waals surface area contributed by atoms with Crippen LogP contribution in [0.2, 0.25) is 10.0 Å². The first kappa shape index (κ1) is 14.2. The normalized spacial score (nSPS) is 11.4. The van der Waals surface area contributed by atoms with Gasteiger partial charge in [0.2, 0.25) is 0 Å². The van der Waals surface area contributed by atoms with Gasteiger partial charge in [0.1, 0.15) is 6.61 Å². The molecule has 0 saturated heterocycles. The third kappa shape index (κ3) is 3.80. The van der Waals surface area contributed by atoms with Crippen molar-refractivity contribution in [2.75, 3.05) is 13.2 Å². The van der Waals surface area contributed by atoms with Gasteiger partial charge in [0.15, 0.2) is 0 Å². The van der Waals surface area contributed by atoms with E-state index in [0.717, 1.165) is 0 Å². The molecule has 0 spiro atoms. The Balaban J connectivity index is 2.78. The summed E-state index contributed by atoms with van der Waals surface area (Å²) >= 11 is 11.5. The Bertz CT molecular complexity index is 407. The number of halogens is 4. The van der Waals surface area contributed by atoms with E-state index >= 15 is 0 Å². The minimum atomic E-state index is -3.37. The Morgan fingerprint density at radius 3 is 2.35 bits per heavy atom. The fourth-order valence-electron chi connectivity index (χ4n) is 1.07. The van der Waals surface area contributed by atoms with Crippen molar-refractivity contribution in [3.05, 3.63) is 33.8 Å². The van der Waals surface area contributed by atoms with Gasteiger partial charge in [-0.3, -0.25) is 4.79 Å². The molecule has 0 aliphatic carbocycles. The summed E-state index contributed by atoms with van der Waals surface area (Å²) < 4.78 is 25.4. The fourth-order valence-corrected chi connectivity index (χ4v) is 1.64. The molecule has 0 saturated carbocycles. The predicted octanol–water partition coefficient (Wildman–Crippen LogP) is 2.35. The maximum absolute atomic E-state index is 12.7. The van der Waals surface area contributed by atoms with Gasteiger partial charge in [0.05, 0.1) is 22.2 Å². The first-order valence-electron chi connectivity index (χ1n) is 4.58. The molecule has 7 heteroatoms. The average Bonchev–Trinajstić information content (AvgIpc) is 2.26. The largest absolute Gasteiger partial charge is 0.390 e. The first-order chi connectivity index (χ1) is 7.87. The second kappa shape index (κ2) is 5.62.